The molecular formula is C14H13BrFN5O. The maximum atomic E-state index is 14.4. The number of hydrogen-bond donors (Lipinski definition) is 2. The lowest BCUT2D eigenvalue weighted by atomic mass is 9.99. The van der Waals surface area contributed by atoms with E-state index in [9.17, 15) is 4.39 Å². The van der Waals surface area contributed by atoms with Crippen LogP contribution in [0.3, 0.4) is 0 Å². The van der Waals surface area contributed by atoms with Crippen LogP contribution >= 0.6 is 15.9 Å². The molecule has 0 radical (unpaired) electrons. The highest BCUT2D eigenvalue weighted by molar-refractivity contribution is 9.09. The van der Waals surface area contributed by atoms with E-state index in [0.717, 1.165) is 0 Å². The predicted molar refractivity (Wildman–Crippen MR) is 84.7 cm³/mol. The third kappa shape index (κ3) is 2.74. The zero-order valence-electron chi connectivity index (χ0n) is 11.6. The lowest BCUT2D eigenvalue weighted by molar-refractivity contribution is 0.492. The van der Waals surface area contributed by atoms with Crippen molar-refractivity contribution in [2.24, 2.45) is 5.92 Å². The van der Waals surface area contributed by atoms with Gasteiger partial charge < -0.3 is 15.5 Å². The van der Waals surface area contributed by atoms with E-state index in [4.69, 9.17) is 10.2 Å². The second-order valence-corrected chi connectivity index (χ2v) is 5.90. The van der Waals surface area contributed by atoms with Crippen LogP contribution in [0.25, 0.3) is 11.5 Å². The molecule has 22 heavy (non-hydrogen) atoms. The Balaban J connectivity index is 1.96. The van der Waals surface area contributed by atoms with Crippen LogP contribution in [0, 0.1) is 5.92 Å². The van der Waals surface area contributed by atoms with Crippen molar-refractivity contribution in [3.8, 4) is 11.5 Å². The van der Waals surface area contributed by atoms with Gasteiger partial charge in [0.15, 0.2) is 0 Å². The van der Waals surface area contributed by atoms with Crippen LogP contribution in [0.5, 0.6) is 0 Å². The fraction of sp³-hybridized carbons (Fsp3) is 0.214. The standard InChI is InChI=1S/C14H13BrFN5O/c1-7-9(15)2-3-10(12(7)16)19-11-6-18-5-4-8(11)13-20-21-14(17)22-13/h2-7,9,19H,1H3,(H2,17,21). The second-order valence-electron chi connectivity index (χ2n) is 4.85. The predicted octanol–water partition coefficient (Wildman–Crippen LogP) is 3.28. The molecule has 6 nitrogen and oxygen atoms in total. The molecule has 0 fully saturated rings. The summed E-state index contributed by atoms with van der Waals surface area (Å²) in [4.78, 5) is 4.01. The van der Waals surface area contributed by atoms with Crippen LogP contribution < -0.4 is 11.1 Å². The third-order valence-corrected chi connectivity index (χ3v) is 4.44. The van der Waals surface area contributed by atoms with Crippen molar-refractivity contribution in [2.45, 2.75) is 11.8 Å². The molecule has 2 aromatic rings. The Morgan fingerprint density at radius 3 is 2.95 bits per heavy atom. The molecule has 0 bridgehead atoms. The Morgan fingerprint density at radius 2 is 2.23 bits per heavy atom. The summed E-state index contributed by atoms with van der Waals surface area (Å²) in [6, 6.07) is 1.66. The molecule has 1 aliphatic carbocycles. The number of hydrogen-bond acceptors (Lipinski definition) is 6. The van der Waals surface area contributed by atoms with Gasteiger partial charge in [-0.3, -0.25) is 4.98 Å². The first-order valence-corrected chi connectivity index (χ1v) is 7.50. The number of nitrogen functional groups attached to an aromatic ring is 1. The van der Waals surface area contributed by atoms with Crippen molar-refractivity contribution in [1.82, 2.24) is 15.2 Å². The second kappa shape index (κ2) is 5.88. The maximum Gasteiger partial charge on any atom is 0.313 e. The lowest BCUT2D eigenvalue weighted by Gasteiger charge is -2.21. The number of nitrogens with two attached hydrogens (primary N) is 1. The first-order valence-electron chi connectivity index (χ1n) is 6.58. The Labute approximate surface area is 134 Å². The van der Waals surface area contributed by atoms with E-state index in [-0.39, 0.29) is 28.5 Å². The van der Waals surface area contributed by atoms with E-state index in [2.05, 4.69) is 36.4 Å². The molecule has 1 aliphatic rings. The minimum atomic E-state index is -0.258. The Hall–Kier alpha value is -2.22. The number of anilines is 2. The molecule has 3 N–H and O–H groups in total. The van der Waals surface area contributed by atoms with Gasteiger partial charge in [-0.2, -0.15) is 0 Å². The Bertz CT molecular complexity index is 757. The Morgan fingerprint density at radius 1 is 1.41 bits per heavy atom. The van der Waals surface area contributed by atoms with Gasteiger partial charge in [0.25, 0.3) is 5.89 Å². The highest BCUT2D eigenvalue weighted by Gasteiger charge is 2.24. The fourth-order valence-corrected chi connectivity index (χ4v) is 2.47. The molecule has 2 atom stereocenters. The van der Waals surface area contributed by atoms with Crippen LogP contribution in [0.4, 0.5) is 16.1 Å². The number of nitrogens with one attached hydrogen (secondary N) is 1. The molecular weight excluding hydrogens is 353 g/mol. The molecule has 0 saturated heterocycles. The average Bonchev–Trinajstić information content (AvgIpc) is 2.95. The number of halogens is 2. The van der Waals surface area contributed by atoms with Crippen molar-refractivity contribution in [3.05, 3.63) is 42.1 Å². The highest BCUT2D eigenvalue weighted by atomic mass is 79.9. The average molecular weight is 366 g/mol. The molecule has 0 aromatic carbocycles. The van der Waals surface area contributed by atoms with Gasteiger partial charge in [-0.15, -0.1) is 5.10 Å². The van der Waals surface area contributed by atoms with Gasteiger partial charge in [-0.25, -0.2) is 4.39 Å². The van der Waals surface area contributed by atoms with Gasteiger partial charge >= 0.3 is 6.01 Å². The quantitative estimate of drug-likeness (QED) is 0.811. The van der Waals surface area contributed by atoms with E-state index in [1.54, 1.807) is 24.5 Å². The zero-order valence-corrected chi connectivity index (χ0v) is 13.2. The smallest absolute Gasteiger partial charge is 0.313 e. The number of aromatic nitrogens is 3. The monoisotopic (exact) mass is 365 g/mol. The van der Waals surface area contributed by atoms with Gasteiger partial charge in [0.05, 0.1) is 23.1 Å². The van der Waals surface area contributed by atoms with E-state index in [1.165, 1.54) is 0 Å². The van der Waals surface area contributed by atoms with Gasteiger partial charge in [0, 0.05) is 16.9 Å². The normalized spacial score (nSPS) is 21.2. The van der Waals surface area contributed by atoms with E-state index in [1.807, 2.05) is 13.0 Å². The first-order chi connectivity index (χ1) is 10.6. The number of pyridine rings is 1. The molecule has 0 aliphatic heterocycles. The van der Waals surface area contributed by atoms with Crippen LogP contribution in [0.15, 0.2) is 46.6 Å². The Kier molecular flexibility index (Phi) is 3.93. The summed E-state index contributed by atoms with van der Waals surface area (Å²) in [6.07, 6.45) is 6.72. The summed E-state index contributed by atoms with van der Waals surface area (Å²) in [6.45, 7) is 1.81. The van der Waals surface area contributed by atoms with Crippen molar-refractivity contribution >= 4 is 27.6 Å². The highest BCUT2D eigenvalue weighted by Crippen LogP contribution is 2.33. The summed E-state index contributed by atoms with van der Waals surface area (Å²) < 4.78 is 19.6. The van der Waals surface area contributed by atoms with E-state index in [0.29, 0.717) is 16.9 Å². The molecule has 0 saturated carbocycles. The molecule has 3 rings (SSSR count). The molecule has 2 heterocycles. The number of allylic oxidation sites excluding steroid dienone is 3. The summed E-state index contributed by atoms with van der Waals surface area (Å²) >= 11 is 3.41. The van der Waals surface area contributed by atoms with Crippen LogP contribution in [0.2, 0.25) is 0 Å². The van der Waals surface area contributed by atoms with Crippen molar-refractivity contribution in [2.75, 3.05) is 11.1 Å². The molecule has 0 amide bonds. The number of alkyl halides is 1. The number of rotatable bonds is 3. The third-order valence-electron chi connectivity index (χ3n) is 3.34. The topological polar surface area (TPSA) is 89.9 Å². The van der Waals surface area contributed by atoms with Crippen molar-refractivity contribution in [1.29, 1.82) is 0 Å². The maximum absolute atomic E-state index is 14.4. The molecule has 8 heteroatoms. The van der Waals surface area contributed by atoms with Gasteiger partial charge in [-0.05, 0) is 12.1 Å². The molecule has 2 aromatic heterocycles. The fourth-order valence-electron chi connectivity index (χ4n) is 2.09. The number of nitrogens with zero attached hydrogens (tertiary/aromatic N) is 3. The van der Waals surface area contributed by atoms with E-state index < -0.39 is 0 Å². The largest absolute Gasteiger partial charge is 0.403 e. The van der Waals surface area contributed by atoms with Gasteiger partial charge in [-0.1, -0.05) is 34.0 Å². The van der Waals surface area contributed by atoms with Gasteiger partial charge in [0.2, 0.25) is 0 Å². The molecule has 2 unspecified atom stereocenters. The molecule has 114 valence electrons. The van der Waals surface area contributed by atoms with Crippen LogP contribution in [-0.4, -0.2) is 20.0 Å². The molecule has 0 spiro atoms. The summed E-state index contributed by atoms with van der Waals surface area (Å²) in [5.74, 6) is -0.245. The van der Waals surface area contributed by atoms with Gasteiger partial charge in [0.1, 0.15) is 5.83 Å². The lowest BCUT2D eigenvalue weighted by Crippen LogP contribution is -2.17. The SMILES string of the molecule is CC1C(F)=C(Nc2cnccc2-c2nnc(N)o2)C=CC1Br. The summed E-state index contributed by atoms with van der Waals surface area (Å²) in [5, 5.41) is 10.5. The summed E-state index contributed by atoms with van der Waals surface area (Å²) in [5.41, 5.74) is 6.98. The first kappa shape index (κ1) is 14.7. The minimum Gasteiger partial charge on any atom is -0.403 e. The summed E-state index contributed by atoms with van der Waals surface area (Å²) in [7, 11) is 0. The van der Waals surface area contributed by atoms with E-state index >= 15 is 0 Å². The van der Waals surface area contributed by atoms with Crippen molar-refractivity contribution in [3.63, 3.8) is 0 Å². The van der Waals surface area contributed by atoms with Crippen LogP contribution in [-0.2, 0) is 0 Å². The van der Waals surface area contributed by atoms with Crippen molar-refractivity contribution < 1.29 is 8.81 Å². The minimum absolute atomic E-state index is 0.0258. The zero-order chi connectivity index (χ0) is 15.7. The van der Waals surface area contributed by atoms with Crippen LogP contribution in [0.1, 0.15) is 6.92 Å².